The number of ether oxygens (including phenoxy) is 1. The topological polar surface area (TPSA) is 49.8 Å². The van der Waals surface area contributed by atoms with Gasteiger partial charge in [0.05, 0.1) is 6.61 Å². The van der Waals surface area contributed by atoms with Gasteiger partial charge in [-0.25, -0.2) is 9.18 Å². The number of carboxylic acids is 1. The molecule has 0 spiro atoms. The van der Waals surface area contributed by atoms with Crippen LogP contribution in [0, 0.1) is 5.82 Å². The fourth-order valence-electron chi connectivity index (χ4n) is 1.20. The Balaban J connectivity index is 0.000000980. The smallest absolute Gasteiger partial charge is 1.00 e. The Bertz CT molecular complexity index is 351. The van der Waals surface area contributed by atoms with E-state index in [0.717, 1.165) is 0 Å². The minimum Gasteiger partial charge on any atom is -1.00 e. The molecule has 70 valence electrons. The van der Waals surface area contributed by atoms with E-state index in [1.54, 1.807) is 0 Å². The van der Waals surface area contributed by atoms with Crippen LogP contribution in [0.5, 0.6) is 0 Å². The first-order chi connectivity index (χ1) is 6.15. The molecule has 3 nitrogen and oxygen atoms in total. The first kappa shape index (κ1) is 12.3. The van der Waals surface area contributed by atoms with Crippen molar-refractivity contribution in [2.75, 3.05) is 6.61 Å². The first-order valence-corrected chi connectivity index (χ1v) is 3.78. The zero-order valence-corrected chi connectivity index (χ0v) is 10.8. The minimum atomic E-state index is -1.21. The van der Waals surface area contributed by atoms with Gasteiger partial charge in [-0.15, -0.1) is 0 Å². The maximum Gasteiger partial charge on any atom is 1.00 e. The molecule has 0 aliphatic carbocycles. The third kappa shape index (κ3) is 2.07. The van der Waals surface area contributed by atoms with Crippen molar-refractivity contribution in [2.24, 2.45) is 0 Å². The van der Waals surface area contributed by atoms with Crippen molar-refractivity contribution in [1.82, 2.24) is 0 Å². The summed E-state index contributed by atoms with van der Waals surface area (Å²) < 4.78 is 17.4. The number of carbonyl (C=O) groups is 1. The molecule has 5 heteroatoms. The molecule has 1 aliphatic heterocycles. The van der Waals surface area contributed by atoms with Crippen molar-refractivity contribution in [3.8, 4) is 0 Å². The monoisotopic (exact) mass is 222 g/mol. The normalized spacial score (nSPS) is 23.8. The zero-order valence-electron chi connectivity index (χ0n) is 8.66. The molecule has 0 bridgehead atoms. The number of benzene rings is 1. The van der Waals surface area contributed by atoms with Crippen molar-refractivity contribution >= 4 is 5.97 Å². The van der Waals surface area contributed by atoms with E-state index in [0.29, 0.717) is 5.56 Å². The Labute approximate surface area is 124 Å². The predicted molar refractivity (Wildman–Crippen MR) is 42.8 cm³/mol. The third-order valence-corrected chi connectivity index (χ3v) is 2.09. The molecule has 1 unspecified atom stereocenters. The summed E-state index contributed by atoms with van der Waals surface area (Å²) in [5.74, 6) is -1.41. The molecule has 1 N–H and O–H groups in total. The van der Waals surface area contributed by atoms with Gasteiger partial charge >= 0.3 is 57.4 Å². The number of aliphatic carboxylic acids is 1. The van der Waals surface area contributed by atoms with E-state index in [2.05, 4.69) is 0 Å². The van der Waals surface area contributed by atoms with Gasteiger partial charge in [-0.2, -0.15) is 0 Å². The van der Waals surface area contributed by atoms with Crippen molar-refractivity contribution < 1.29 is 71.8 Å². The summed E-state index contributed by atoms with van der Waals surface area (Å²) in [7, 11) is 0. The second-order valence-corrected chi connectivity index (χ2v) is 2.93. The Morgan fingerprint density at radius 1 is 1.50 bits per heavy atom. The summed E-state index contributed by atoms with van der Waals surface area (Å²) in [6.07, 6.45) is 0. The summed E-state index contributed by atoms with van der Waals surface area (Å²) in [4.78, 5) is 10.8. The van der Waals surface area contributed by atoms with Gasteiger partial charge in [0.15, 0.2) is 0 Å². The Morgan fingerprint density at radius 2 is 2.00 bits per heavy atom. The SMILES string of the molecule is O=C(O)C1(c2ccc(F)cc2)CO1.[H-].[K+]. The maximum atomic E-state index is 12.5. The molecule has 1 heterocycles. The average molecular weight is 222 g/mol. The first-order valence-electron chi connectivity index (χ1n) is 3.78. The second-order valence-electron chi connectivity index (χ2n) is 2.93. The maximum absolute atomic E-state index is 12.5. The summed E-state index contributed by atoms with van der Waals surface area (Å²) in [6, 6.07) is 5.30. The summed E-state index contributed by atoms with van der Waals surface area (Å²) in [5, 5.41) is 8.81. The molecule has 0 saturated carbocycles. The van der Waals surface area contributed by atoms with Gasteiger partial charge < -0.3 is 11.3 Å². The van der Waals surface area contributed by atoms with E-state index < -0.39 is 11.6 Å². The fourth-order valence-corrected chi connectivity index (χ4v) is 1.20. The summed E-state index contributed by atoms with van der Waals surface area (Å²) in [5.41, 5.74) is -0.727. The van der Waals surface area contributed by atoms with E-state index in [1.807, 2.05) is 0 Å². The van der Waals surface area contributed by atoms with Gasteiger partial charge in [0.2, 0.25) is 5.60 Å². The number of hydrogen-bond donors (Lipinski definition) is 1. The molecule has 1 aliphatic rings. The Morgan fingerprint density at radius 3 is 2.36 bits per heavy atom. The molecule has 1 aromatic rings. The molecular weight excluding hydrogens is 214 g/mol. The fraction of sp³-hybridized carbons (Fsp3) is 0.222. The summed E-state index contributed by atoms with van der Waals surface area (Å²) >= 11 is 0. The molecule has 14 heavy (non-hydrogen) atoms. The molecule has 1 atom stereocenters. The molecule has 0 amide bonds. The van der Waals surface area contributed by atoms with Gasteiger partial charge in [-0.1, -0.05) is 12.1 Å². The van der Waals surface area contributed by atoms with Crippen molar-refractivity contribution in [1.29, 1.82) is 0 Å². The van der Waals surface area contributed by atoms with Gasteiger partial charge in [-0.3, -0.25) is 0 Å². The van der Waals surface area contributed by atoms with Crippen LogP contribution in [-0.4, -0.2) is 17.7 Å². The second kappa shape index (κ2) is 4.38. The zero-order chi connectivity index (χ0) is 9.47. The minimum absolute atomic E-state index is 0. The van der Waals surface area contributed by atoms with Crippen LogP contribution in [0.4, 0.5) is 4.39 Å². The number of rotatable bonds is 2. The van der Waals surface area contributed by atoms with Crippen LogP contribution < -0.4 is 51.4 Å². The van der Waals surface area contributed by atoms with Gasteiger partial charge in [0.1, 0.15) is 5.82 Å². The van der Waals surface area contributed by atoms with Crippen LogP contribution in [0.25, 0.3) is 0 Å². The Hall–Kier alpha value is 0.216. The molecule has 0 aromatic heterocycles. The van der Waals surface area contributed by atoms with Crippen LogP contribution >= 0.6 is 0 Å². The molecule has 1 saturated heterocycles. The van der Waals surface area contributed by atoms with Crippen molar-refractivity contribution in [3.05, 3.63) is 35.6 Å². The van der Waals surface area contributed by atoms with Crippen LogP contribution in [0.2, 0.25) is 0 Å². The average Bonchev–Trinajstić information content (AvgIpc) is 2.86. The molecule has 2 rings (SSSR count). The number of carboxylic acid groups (broad SMARTS) is 1. The van der Waals surface area contributed by atoms with Gasteiger partial charge in [0.25, 0.3) is 0 Å². The van der Waals surface area contributed by atoms with Crippen LogP contribution in [-0.2, 0) is 15.1 Å². The predicted octanol–water partition coefficient (Wildman–Crippen LogP) is -1.75. The number of halogens is 1. The molecular formula is C9H8FKO3. The van der Waals surface area contributed by atoms with E-state index in [9.17, 15) is 9.18 Å². The molecule has 0 radical (unpaired) electrons. The van der Waals surface area contributed by atoms with Gasteiger partial charge in [0, 0.05) is 0 Å². The summed E-state index contributed by atoms with van der Waals surface area (Å²) in [6.45, 7) is 0.161. The number of hydrogen-bond acceptors (Lipinski definition) is 2. The molecule has 1 fully saturated rings. The third-order valence-electron chi connectivity index (χ3n) is 2.09. The van der Waals surface area contributed by atoms with Crippen molar-refractivity contribution in [3.63, 3.8) is 0 Å². The Kier molecular flexibility index (Phi) is 3.85. The number of epoxide rings is 1. The quantitative estimate of drug-likeness (QED) is 0.477. The van der Waals surface area contributed by atoms with E-state index >= 15 is 0 Å². The molecule has 1 aromatic carbocycles. The standard InChI is InChI=1S/C9H7FO3.K.H/c10-7-3-1-6(2-4-7)9(5-13-9)8(11)12;;/h1-4H,5H2,(H,11,12);;/q;+1;-1. The van der Waals surface area contributed by atoms with Crippen LogP contribution in [0.3, 0.4) is 0 Å². The van der Waals surface area contributed by atoms with Crippen LogP contribution in [0.15, 0.2) is 24.3 Å². The largest absolute Gasteiger partial charge is 1.00 e. The van der Waals surface area contributed by atoms with Crippen molar-refractivity contribution in [2.45, 2.75) is 5.60 Å². The van der Waals surface area contributed by atoms with E-state index in [1.165, 1.54) is 24.3 Å². The van der Waals surface area contributed by atoms with Crippen LogP contribution in [0.1, 0.15) is 6.99 Å². The van der Waals surface area contributed by atoms with E-state index in [4.69, 9.17) is 9.84 Å². The van der Waals surface area contributed by atoms with Gasteiger partial charge in [-0.05, 0) is 17.7 Å². The van der Waals surface area contributed by atoms with E-state index in [-0.39, 0.29) is 65.2 Å².